The second-order valence-corrected chi connectivity index (χ2v) is 8.99. The van der Waals surface area contributed by atoms with Gasteiger partial charge in [0.25, 0.3) is 5.91 Å². The van der Waals surface area contributed by atoms with Crippen molar-refractivity contribution in [3.8, 4) is 5.69 Å². The number of hydrogen-bond donors (Lipinski definition) is 3. The average molecular weight is 503 g/mol. The minimum Gasteiger partial charge on any atom is -0.383 e. The van der Waals surface area contributed by atoms with Gasteiger partial charge in [0, 0.05) is 12.2 Å². The van der Waals surface area contributed by atoms with E-state index in [9.17, 15) is 18.0 Å². The predicted molar refractivity (Wildman–Crippen MR) is 130 cm³/mol. The maximum atomic E-state index is 13.2. The highest BCUT2D eigenvalue weighted by atomic mass is 32.1. The average Bonchev–Trinajstić information content (AvgIpc) is 2.80. The summed E-state index contributed by atoms with van der Waals surface area (Å²) in [7, 11) is 0. The predicted octanol–water partition coefficient (Wildman–Crippen LogP) is 5.28. The Hall–Kier alpha value is -3.31. The third-order valence-corrected chi connectivity index (χ3v) is 6.42. The van der Waals surface area contributed by atoms with Crippen LogP contribution in [-0.2, 0) is 6.18 Å². The van der Waals surface area contributed by atoms with Gasteiger partial charge in [0.15, 0.2) is 0 Å². The molecule has 35 heavy (non-hydrogen) atoms. The lowest BCUT2D eigenvalue weighted by Crippen LogP contribution is -2.27. The van der Waals surface area contributed by atoms with Crippen molar-refractivity contribution in [1.82, 2.24) is 19.9 Å². The van der Waals surface area contributed by atoms with Crippen molar-refractivity contribution in [2.24, 2.45) is 0 Å². The molecular weight excluding hydrogens is 477 g/mol. The molecule has 1 amide bonds. The normalized spacial score (nSPS) is 16.2. The van der Waals surface area contributed by atoms with Gasteiger partial charge < -0.3 is 16.4 Å². The van der Waals surface area contributed by atoms with Crippen LogP contribution in [0.3, 0.4) is 0 Å². The molecular formula is C24H25F3N6OS. The van der Waals surface area contributed by atoms with Crippen LogP contribution in [0, 0.1) is 18.5 Å². The molecule has 11 heteroatoms. The van der Waals surface area contributed by atoms with Crippen molar-refractivity contribution in [1.29, 1.82) is 0 Å². The number of nitrogens with one attached hydrogen (secondary N) is 2. The van der Waals surface area contributed by atoms with E-state index in [0.29, 0.717) is 22.5 Å². The van der Waals surface area contributed by atoms with Crippen molar-refractivity contribution in [3.63, 3.8) is 0 Å². The van der Waals surface area contributed by atoms with Crippen molar-refractivity contribution in [2.75, 3.05) is 17.6 Å². The van der Waals surface area contributed by atoms with Crippen LogP contribution in [-0.4, -0.2) is 27.0 Å². The number of halogens is 3. The lowest BCUT2D eigenvalue weighted by atomic mass is 9.99. The zero-order valence-corrected chi connectivity index (χ0v) is 20.1. The molecule has 0 aliphatic carbocycles. The van der Waals surface area contributed by atoms with E-state index in [4.69, 9.17) is 18.0 Å². The number of anilines is 2. The summed E-state index contributed by atoms with van der Waals surface area (Å²) in [5, 5.41) is 6.22. The maximum Gasteiger partial charge on any atom is 0.416 e. The van der Waals surface area contributed by atoms with Crippen LogP contribution in [0.25, 0.3) is 5.69 Å². The minimum absolute atomic E-state index is 0.0395. The molecule has 3 heterocycles. The van der Waals surface area contributed by atoms with Crippen LogP contribution in [0.2, 0.25) is 0 Å². The lowest BCUT2D eigenvalue weighted by molar-refractivity contribution is -0.137. The Balaban J connectivity index is 1.68. The summed E-state index contributed by atoms with van der Waals surface area (Å²) in [6.07, 6.45) is 3.35. The second-order valence-electron chi connectivity index (χ2n) is 8.60. The van der Waals surface area contributed by atoms with Crippen molar-refractivity contribution >= 4 is 29.6 Å². The molecule has 0 spiro atoms. The Morgan fingerprint density at radius 1 is 1.20 bits per heavy atom. The Kier molecular flexibility index (Phi) is 6.91. The second kappa shape index (κ2) is 9.74. The van der Waals surface area contributed by atoms with Crippen LogP contribution in [0.15, 0.2) is 36.9 Å². The Morgan fingerprint density at radius 3 is 2.54 bits per heavy atom. The highest BCUT2D eigenvalue weighted by Crippen LogP contribution is 2.33. The first-order chi connectivity index (χ1) is 16.6. The lowest BCUT2D eigenvalue weighted by Gasteiger charge is -2.23. The Labute approximate surface area is 205 Å². The molecule has 3 aromatic rings. The molecule has 0 radical (unpaired) electrons. The van der Waals surface area contributed by atoms with Crippen molar-refractivity contribution in [3.05, 3.63) is 69.4 Å². The number of alkyl halides is 3. The Bertz CT molecular complexity index is 1310. The quantitative estimate of drug-likeness (QED) is 0.420. The van der Waals surface area contributed by atoms with Gasteiger partial charge in [-0.1, -0.05) is 18.6 Å². The number of aryl methyl sites for hydroxylation is 2. The molecule has 1 fully saturated rings. The molecule has 4 N–H and O–H groups in total. The number of pyridine rings is 1. The number of carbonyl (C=O) groups is 1. The van der Waals surface area contributed by atoms with Crippen molar-refractivity contribution in [2.45, 2.75) is 45.3 Å². The molecule has 2 aromatic heterocycles. The van der Waals surface area contributed by atoms with E-state index in [0.717, 1.165) is 43.5 Å². The molecule has 0 saturated carbocycles. The summed E-state index contributed by atoms with van der Waals surface area (Å²) in [5.41, 5.74) is 7.73. The first-order valence-electron chi connectivity index (χ1n) is 11.1. The van der Waals surface area contributed by atoms with Gasteiger partial charge in [0.2, 0.25) is 0 Å². The minimum atomic E-state index is -4.48. The van der Waals surface area contributed by atoms with E-state index in [1.807, 2.05) is 6.07 Å². The molecule has 1 aliphatic heterocycles. The van der Waals surface area contributed by atoms with Gasteiger partial charge >= 0.3 is 6.18 Å². The monoisotopic (exact) mass is 502 g/mol. The van der Waals surface area contributed by atoms with Gasteiger partial charge in [0.05, 0.1) is 23.1 Å². The van der Waals surface area contributed by atoms with E-state index >= 15 is 0 Å². The van der Waals surface area contributed by atoms with Gasteiger partial charge in [-0.05, 0) is 68.1 Å². The summed E-state index contributed by atoms with van der Waals surface area (Å²) in [6, 6.07) is 4.09. The van der Waals surface area contributed by atoms with Crippen LogP contribution >= 0.6 is 12.2 Å². The third kappa shape index (κ3) is 5.20. The number of carbonyl (C=O) groups excluding carboxylic acids is 1. The van der Waals surface area contributed by atoms with Gasteiger partial charge in [-0.2, -0.15) is 13.2 Å². The number of benzene rings is 1. The summed E-state index contributed by atoms with van der Waals surface area (Å²) >= 11 is 5.54. The number of aromatic nitrogens is 3. The molecule has 1 saturated heterocycles. The molecule has 7 nitrogen and oxygen atoms in total. The standard InChI is InChI=1S/C24H25F3N6OS/c1-13-7-16(24(25,26)27)8-14(2)20(13)33-12-31-21(28)19(23(33)35)22(34)32-17-9-15(10-29-11-17)18-5-3-4-6-30-18/h7-12,18,30H,3-6,28H2,1-2H3,(H,32,34)/t18-/m1/s1. The number of nitrogen functional groups attached to an aromatic ring is 1. The first kappa shape index (κ1) is 24.8. The molecule has 1 atom stereocenters. The highest BCUT2D eigenvalue weighted by Gasteiger charge is 2.31. The number of nitrogens with zero attached hydrogens (tertiary/aromatic N) is 3. The van der Waals surface area contributed by atoms with Gasteiger partial charge in [-0.25, -0.2) is 4.98 Å². The summed E-state index contributed by atoms with van der Waals surface area (Å²) in [4.78, 5) is 21.5. The summed E-state index contributed by atoms with van der Waals surface area (Å²) in [5.74, 6) is -0.656. The smallest absolute Gasteiger partial charge is 0.383 e. The fourth-order valence-electron chi connectivity index (χ4n) is 4.39. The summed E-state index contributed by atoms with van der Waals surface area (Å²) < 4.78 is 41.1. The van der Waals surface area contributed by atoms with Crippen molar-refractivity contribution < 1.29 is 18.0 Å². The fourth-order valence-corrected chi connectivity index (χ4v) is 4.72. The topological polar surface area (TPSA) is 97.9 Å². The molecule has 0 bridgehead atoms. The van der Waals surface area contributed by atoms with Gasteiger partial charge in [-0.3, -0.25) is 14.3 Å². The Morgan fingerprint density at radius 2 is 1.91 bits per heavy atom. The summed E-state index contributed by atoms with van der Waals surface area (Å²) in [6.45, 7) is 4.02. The highest BCUT2D eigenvalue weighted by molar-refractivity contribution is 7.71. The fraction of sp³-hybridized carbons (Fsp3) is 0.333. The third-order valence-electron chi connectivity index (χ3n) is 6.02. The van der Waals surface area contributed by atoms with Gasteiger partial charge in [0.1, 0.15) is 22.3 Å². The van der Waals surface area contributed by atoms with Crippen LogP contribution in [0.5, 0.6) is 0 Å². The largest absolute Gasteiger partial charge is 0.416 e. The zero-order chi connectivity index (χ0) is 25.3. The number of nitrogens with two attached hydrogens (primary N) is 1. The molecule has 184 valence electrons. The van der Waals surface area contributed by atoms with E-state index < -0.39 is 17.6 Å². The number of rotatable bonds is 4. The number of piperidine rings is 1. The zero-order valence-electron chi connectivity index (χ0n) is 19.2. The van der Waals surface area contributed by atoms with E-state index in [1.54, 1.807) is 20.0 Å². The molecule has 1 aliphatic rings. The van der Waals surface area contributed by atoms with E-state index in [-0.39, 0.29) is 22.1 Å². The molecule has 0 unspecified atom stereocenters. The van der Waals surface area contributed by atoms with E-state index in [1.165, 1.54) is 17.1 Å². The molecule has 4 rings (SSSR count). The van der Waals surface area contributed by atoms with Crippen LogP contribution in [0.1, 0.15) is 57.9 Å². The SMILES string of the molecule is Cc1cc(C(F)(F)F)cc(C)c1-n1cnc(N)c(C(=O)Nc2cncc([C@H]3CCCCN3)c2)c1=S. The van der Waals surface area contributed by atoms with Crippen LogP contribution < -0.4 is 16.4 Å². The van der Waals surface area contributed by atoms with E-state index in [2.05, 4.69) is 20.6 Å². The first-order valence-corrected chi connectivity index (χ1v) is 11.5. The maximum absolute atomic E-state index is 13.2. The number of hydrogen-bond acceptors (Lipinski definition) is 6. The number of amides is 1. The molecule has 1 aromatic carbocycles. The van der Waals surface area contributed by atoms with Crippen LogP contribution in [0.4, 0.5) is 24.7 Å². The van der Waals surface area contributed by atoms with Gasteiger partial charge in [-0.15, -0.1) is 0 Å².